The molecule has 0 spiro atoms. The molecule has 1 unspecified atom stereocenters. The summed E-state index contributed by atoms with van der Waals surface area (Å²) in [7, 11) is 0. The number of rotatable bonds is 4. The SMILES string of the molecule is Cc1noc(C2CCCN2C(=O)CCn2ccc(=O)[nH]c2=O)n1. The zero-order valence-corrected chi connectivity index (χ0v) is 12.7. The first-order valence-corrected chi connectivity index (χ1v) is 7.44. The van der Waals surface area contributed by atoms with Gasteiger partial charge < -0.3 is 14.0 Å². The number of aryl methyl sites for hydroxylation is 2. The highest BCUT2D eigenvalue weighted by Gasteiger charge is 2.33. The van der Waals surface area contributed by atoms with Gasteiger partial charge in [0.15, 0.2) is 5.82 Å². The molecule has 0 radical (unpaired) electrons. The lowest BCUT2D eigenvalue weighted by Gasteiger charge is -2.22. The molecule has 1 atom stereocenters. The predicted molar refractivity (Wildman–Crippen MR) is 78.7 cm³/mol. The Morgan fingerprint density at radius 3 is 3.00 bits per heavy atom. The fraction of sp³-hybridized carbons (Fsp3) is 0.500. The Labute approximate surface area is 130 Å². The number of nitrogens with one attached hydrogen (secondary N) is 1. The van der Waals surface area contributed by atoms with E-state index in [4.69, 9.17) is 4.52 Å². The first-order valence-electron chi connectivity index (χ1n) is 7.44. The minimum atomic E-state index is -0.518. The Morgan fingerprint density at radius 2 is 2.30 bits per heavy atom. The van der Waals surface area contributed by atoms with Crippen molar-refractivity contribution in [3.8, 4) is 0 Å². The molecule has 1 saturated heterocycles. The monoisotopic (exact) mass is 319 g/mol. The molecule has 1 aliphatic heterocycles. The summed E-state index contributed by atoms with van der Waals surface area (Å²) in [5.74, 6) is 0.912. The van der Waals surface area contributed by atoms with Crippen LogP contribution in [0.5, 0.6) is 0 Å². The van der Waals surface area contributed by atoms with Crippen LogP contribution in [0.15, 0.2) is 26.4 Å². The average molecular weight is 319 g/mol. The van der Waals surface area contributed by atoms with Crippen LogP contribution in [0.1, 0.15) is 37.0 Å². The van der Waals surface area contributed by atoms with Gasteiger partial charge in [0, 0.05) is 31.8 Å². The topological polar surface area (TPSA) is 114 Å². The molecule has 0 saturated carbocycles. The Kier molecular flexibility index (Phi) is 4.09. The summed E-state index contributed by atoms with van der Waals surface area (Å²) >= 11 is 0. The van der Waals surface area contributed by atoms with E-state index in [2.05, 4.69) is 15.1 Å². The number of likely N-dealkylation sites (tertiary alicyclic amines) is 1. The highest BCUT2D eigenvalue weighted by atomic mass is 16.5. The van der Waals surface area contributed by atoms with Gasteiger partial charge in [0.25, 0.3) is 5.56 Å². The smallest absolute Gasteiger partial charge is 0.328 e. The van der Waals surface area contributed by atoms with Crippen molar-refractivity contribution in [1.29, 1.82) is 0 Å². The summed E-state index contributed by atoms with van der Waals surface area (Å²) < 4.78 is 6.48. The van der Waals surface area contributed by atoms with Gasteiger partial charge in [-0.25, -0.2) is 4.79 Å². The van der Waals surface area contributed by atoms with Gasteiger partial charge in [-0.2, -0.15) is 4.98 Å². The number of aromatic amines is 1. The van der Waals surface area contributed by atoms with Crippen molar-refractivity contribution in [2.24, 2.45) is 0 Å². The van der Waals surface area contributed by atoms with E-state index in [0.29, 0.717) is 18.3 Å². The van der Waals surface area contributed by atoms with Crippen LogP contribution in [0.25, 0.3) is 0 Å². The number of carbonyl (C=O) groups is 1. The number of aromatic nitrogens is 4. The molecule has 0 aliphatic carbocycles. The van der Waals surface area contributed by atoms with Crippen LogP contribution in [0.3, 0.4) is 0 Å². The van der Waals surface area contributed by atoms with Gasteiger partial charge in [0.2, 0.25) is 11.8 Å². The lowest BCUT2D eigenvalue weighted by molar-refractivity contribution is -0.132. The second-order valence-electron chi connectivity index (χ2n) is 5.48. The summed E-state index contributed by atoms with van der Waals surface area (Å²) in [5.41, 5.74) is -0.972. The van der Waals surface area contributed by atoms with Crippen LogP contribution in [0.2, 0.25) is 0 Å². The zero-order chi connectivity index (χ0) is 16.4. The molecule has 23 heavy (non-hydrogen) atoms. The summed E-state index contributed by atoms with van der Waals surface area (Å²) in [6.45, 7) is 2.57. The lowest BCUT2D eigenvalue weighted by atomic mass is 10.2. The molecule has 1 amide bonds. The van der Waals surface area contributed by atoms with Crippen LogP contribution in [-0.4, -0.2) is 37.0 Å². The zero-order valence-electron chi connectivity index (χ0n) is 12.7. The molecule has 3 rings (SSSR count). The molecule has 9 nitrogen and oxygen atoms in total. The molecule has 9 heteroatoms. The van der Waals surface area contributed by atoms with E-state index in [1.807, 2.05) is 0 Å². The average Bonchev–Trinajstić information content (AvgIpc) is 3.14. The standard InChI is InChI=1S/C14H17N5O4/c1-9-15-13(23-17-9)10-3-2-6-19(10)12(21)5-8-18-7-4-11(20)16-14(18)22/h4,7,10H,2-3,5-6,8H2,1H3,(H,16,20,22). The largest absolute Gasteiger partial charge is 0.337 e. The quantitative estimate of drug-likeness (QED) is 0.847. The molecule has 0 aromatic carbocycles. The third kappa shape index (κ3) is 3.22. The van der Waals surface area contributed by atoms with Crippen molar-refractivity contribution < 1.29 is 9.32 Å². The van der Waals surface area contributed by atoms with Gasteiger partial charge in [-0.1, -0.05) is 5.16 Å². The number of carbonyl (C=O) groups excluding carboxylic acids is 1. The highest BCUT2D eigenvalue weighted by molar-refractivity contribution is 5.76. The molecule has 2 aromatic heterocycles. The summed E-state index contributed by atoms with van der Waals surface area (Å²) in [6.07, 6.45) is 3.20. The van der Waals surface area contributed by atoms with Gasteiger partial charge in [-0.05, 0) is 19.8 Å². The predicted octanol–water partition coefficient (Wildman–Crippen LogP) is -0.0182. The van der Waals surface area contributed by atoms with Crippen LogP contribution < -0.4 is 11.2 Å². The molecule has 3 heterocycles. The van der Waals surface area contributed by atoms with Crippen molar-refractivity contribution in [2.75, 3.05) is 6.54 Å². The minimum absolute atomic E-state index is 0.0820. The molecule has 2 aromatic rings. The fourth-order valence-electron chi connectivity index (χ4n) is 2.75. The van der Waals surface area contributed by atoms with E-state index in [-0.39, 0.29) is 24.9 Å². The summed E-state index contributed by atoms with van der Waals surface area (Å²) in [4.78, 5) is 43.1. The highest BCUT2D eigenvalue weighted by Crippen LogP contribution is 2.31. The van der Waals surface area contributed by atoms with Crippen LogP contribution in [-0.2, 0) is 11.3 Å². The van der Waals surface area contributed by atoms with E-state index in [9.17, 15) is 14.4 Å². The maximum atomic E-state index is 12.4. The summed E-state index contributed by atoms with van der Waals surface area (Å²) in [6, 6.07) is 1.06. The van der Waals surface area contributed by atoms with Crippen molar-refractivity contribution >= 4 is 5.91 Å². The molecule has 1 aliphatic rings. The second kappa shape index (κ2) is 6.19. The van der Waals surface area contributed by atoms with Gasteiger partial charge in [-0.15, -0.1) is 0 Å². The van der Waals surface area contributed by atoms with Crippen molar-refractivity contribution in [3.63, 3.8) is 0 Å². The van der Waals surface area contributed by atoms with E-state index in [1.165, 1.54) is 16.8 Å². The van der Waals surface area contributed by atoms with Crippen LogP contribution in [0, 0.1) is 6.92 Å². The maximum Gasteiger partial charge on any atom is 0.328 e. The van der Waals surface area contributed by atoms with Gasteiger partial charge in [0.05, 0.1) is 0 Å². The molecular formula is C14H17N5O4. The number of hydrogen-bond acceptors (Lipinski definition) is 6. The Morgan fingerprint density at radius 1 is 1.48 bits per heavy atom. The first kappa shape index (κ1) is 15.2. The number of H-pyrrole nitrogens is 1. The molecular weight excluding hydrogens is 302 g/mol. The molecule has 122 valence electrons. The van der Waals surface area contributed by atoms with E-state index in [0.717, 1.165) is 12.8 Å². The maximum absolute atomic E-state index is 12.4. The van der Waals surface area contributed by atoms with E-state index < -0.39 is 11.2 Å². The molecule has 1 N–H and O–H groups in total. The Hall–Kier alpha value is -2.71. The number of amides is 1. The normalized spacial score (nSPS) is 17.6. The van der Waals surface area contributed by atoms with E-state index in [1.54, 1.807) is 11.8 Å². The van der Waals surface area contributed by atoms with Crippen molar-refractivity contribution in [2.45, 2.75) is 38.8 Å². The number of hydrogen-bond donors (Lipinski definition) is 1. The summed E-state index contributed by atoms with van der Waals surface area (Å²) in [5, 5.41) is 3.77. The van der Waals surface area contributed by atoms with Crippen molar-refractivity contribution in [1.82, 2.24) is 24.6 Å². The van der Waals surface area contributed by atoms with Gasteiger partial charge >= 0.3 is 5.69 Å². The molecule has 1 fully saturated rings. The lowest BCUT2D eigenvalue weighted by Crippen LogP contribution is -2.34. The first-order chi connectivity index (χ1) is 11.0. The third-order valence-corrected chi connectivity index (χ3v) is 3.86. The van der Waals surface area contributed by atoms with Gasteiger partial charge in [-0.3, -0.25) is 14.6 Å². The van der Waals surface area contributed by atoms with Crippen LogP contribution >= 0.6 is 0 Å². The third-order valence-electron chi connectivity index (χ3n) is 3.86. The number of nitrogens with zero attached hydrogens (tertiary/aromatic N) is 4. The van der Waals surface area contributed by atoms with E-state index >= 15 is 0 Å². The van der Waals surface area contributed by atoms with Crippen LogP contribution in [0.4, 0.5) is 0 Å². The fourth-order valence-corrected chi connectivity index (χ4v) is 2.75. The Bertz CT molecular complexity index is 821. The Balaban J connectivity index is 1.67. The second-order valence-corrected chi connectivity index (χ2v) is 5.48. The minimum Gasteiger partial charge on any atom is -0.337 e. The van der Waals surface area contributed by atoms with Gasteiger partial charge in [0.1, 0.15) is 6.04 Å². The molecule has 0 bridgehead atoms. The van der Waals surface area contributed by atoms with Crippen molar-refractivity contribution in [3.05, 3.63) is 44.8 Å².